The summed E-state index contributed by atoms with van der Waals surface area (Å²) in [6.07, 6.45) is 8.77. The smallest absolute Gasteiger partial charge is 0.341 e. The van der Waals surface area contributed by atoms with Gasteiger partial charge in [0, 0.05) is 17.3 Å². The van der Waals surface area contributed by atoms with E-state index in [-0.39, 0.29) is 13.2 Å². The van der Waals surface area contributed by atoms with Crippen LogP contribution >= 0.6 is 11.3 Å². The van der Waals surface area contributed by atoms with Gasteiger partial charge in [-0.2, -0.15) is 0 Å². The van der Waals surface area contributed by atoms with Crippen LogP contribution in [0.1, 0.15) is 20.8 Å². The maximum absolute atomic E-state index is 12.3. The van der Waals surface area contributed by atoms with Crippen LogP contribution in [0, 0.1) is 26.2 Å². The summed E-state index contributed by atoms with van der Waals surface area (Å²) in [6, 6.07) is 3.76. The van der Waals surface area contributed by atoms with Gasteiger partial charge in [0.1, 0.15) is 5.00 Å². The van der Waals surface area contributed by atoms with Crippen molar-refractivity contribution >= 4 is 23.2 Å². The van der Waals surface area contributed by atoms with Crippen molar-refractivity contribution in [3.8, 4) is 17.3 Å². The Morgan fingerprint density at radius 3 is 2.68 bits per heavy atom. The number of amides is 1. The van der Waals surface area contributed by atoms with E-state index in [0.717, 1.165) is 15.4 Å². The lowest BCUT2D eigenvalue weighted by molar-refractivity contribution is -0.123. The highest BCUT2D eigenvalue weighted by atomic mass is 32.1. The van der Waals surface area contributed by atoms with Crippen molar-refractivity contribution in [2.75, 3.05) is 13.2 Å². The second-order valence-electron chi connectivity index (χ2n) is 4.61. The highest BCUT2D eigenvalue weighted by Crippen LogP contribution is 2.31. The Hall–Kier alpha value is -2.52. The molecular formula is C16H16N2O3S. The first-order chi connectivity index (χ1) is 10.5. The molecule has 0 aliphatic heterocycles. The SMILES string of the molecule is C#CCNC(=O)COC(=O)c1c(-n2cccc2)sc(C)c1C. The number of esters is 1. The Morgan fingerprint density at radius 1 is 1.36 bits per heavy atom. The largest absolute Gasteiger partial charge is 0.452 e. The number of aryl methyl sites for hydroxylation is 1. The molecule has 1 amide bonds. The fourth-order valence-electron chi connectivity index (χ4n) is 1.91. The van der Waals surface area contributed by atoms with E-state index >= 15 is 0 Å². The monoisotopic (exact) mass is 316 g/mol. The Kier molecular flexibility index (Phi) is 5.02. The Bertz CT molecular complexity index is 723. The zero-order valence-corrected chi connectivity index (χ0v) is 13.2. The minimum atomic E-state index is -0.513. The van der Waals surface area contributed by atoms with Crippen molar-refractivity contribution < 1.29 is 14.3 Å². The first-order valence-electron chi connectivity index (χ1n) is 6.65. The second-order valence-corrected chi connectivity index (χ2v) is 5.81. The molecule has 5 nitrogen and oxygen atoms in total. The van der Waals surface area contributed by atoms with E-state index in [1.807, 2.05) is 42.9 Å². The summed E-state index contributed by atoms with van der Waals surface area (Å²) in [5.74, 6) is 1.35. The average molecular weight is 316 g/mol. The van der Waals surface area contributed by atoms with Crippen molar-refractivity contribution in [2.24, 2.45) is 0 Å². The Morgan fingerprint density at radius 2 is 2.05 bits per heavy atom. The normalized spacial score (nSPS) is 10.0. The summed E-state index contributed by atoms with van der Waals surface area (Å²) in [5, 5.41) is 3.23. The molecule has 2 aromatic heterocycles. The summed E-state index contributed by atoms with van der Waals surface area (Å²) >= 11 is 1.51. The fourth-order valence-corrected chi connectivity index (χ4v) is 3.02. The first-order valence-corrected chi connectivity index (χ1v) is 7.47. The summed E-state index contributed by atoms with van der Waals surface area (Å²) < 4.78 is 6.95. The molecule has 0 saturated heterocycles. The molecule has 1 N–H and O–H groups in total. The number of carbonyl (C=O) groups is 2. The number of hydrogen-bond acceptors (Lipinski definition) is 4. The molecule has 0 bridgehead atoms. The van der Waals surface area contributed by atoms with Crippen LogP contribution in [0.3, 0.4) is 0 Å². The molecule has 6 heteroatoms. The summed E-state index contributed by atoms with van der Waals surface area (Å²) in [7, 11) is 0. The van der Waals surface area contributed by atoms with E-state index < -0.39 is 11.9 Å². The van der Waals surface area contributed by atoms with Crippen LogP contribution in [-0.4, -0.2) is 29.6 Å². The summed E-state index contributed by atoms with van der Waals surface area (Å²) in [5.41, 5.74) is 1.35. The molecular weight excluding hydrogens is 300 g/mol. The summed E-state index contributed by atoms with van der Waals surface area (Å²) in [4.78, 5) is 24.8. The highest BCUT2D eigenvalue weighted by Gasteiger charge is 2.22. The van der Waals surface area contributed by atoms with Crippen LogP contribution in [-0.2, 0) is 9.53 Å². The molecule has 2 rings (SSSR count). The van der Waals surface area contributed by atoms with Crippen molar-refractivity contribution in [1.29, 1.82) is 0 Å². The van der Waals surface area contributed by atoms with Crippen LogP contribution in [0.2, 0.25) is 0 Å². The molecule has 0 aromatic carbocycles. The van der Waals surface area contributed by atoms with Crippen LogP contribution in [0.5, 0.6) is 0 Å². The Balaban J connectivity index is 2.16. The maximum Gasteiger partial charge on any atom is 0.341 e. The van der Waals surface area contributed by atoms with Crippen LogP contribution in [0.15, 0.2) is 24.5 Å². The number of aromatic nitrogens is 1. The highest BCUT2D eigenvalue weighted by molar-refractivity contribution is 7.15. The van der Waals surface area contributed by atoms with Gasteiger partial charge in [-0.1, -0.05) is 5.92 Å². The van der Waals surface area contributed by atoms with Gasteiger partial charge in [0.05, 0.1) is 12.1 Å². The van der Waals surface area contributed by atoms with Crippen LogP contribution in [0.4, 0.5) is 0 Å². The predicted octanol–water partition coefficient (Wildman–Crippen LogP) is 2.06. The molecule has 0 atom stereocenters. The molecule has 114 valence electrons. The van der Waals surface area contributed by atoms with E-state index in [9.17, 15) is 9.59 Å². The van der Waals surface area contributed by atoms with Gasteiger partial charge < -0.3 is 14.6 Å². The zero-order chi connectivity index (χ0) is 16.1. The number of rotatable bonds is 5. The topological polar surface area (TPSA) is 60.3 Å². The van der Waals surface area contributed by atoms with Crippen LogP contribution < -0.4 is 5.32 Å². The number of carbonyl (C=O) groups excluding carboxylic acids is 2. The lowest BCUT2D eigenvalue weighted by Gasteiger charge is -2.07. The minimum absolute atomic E-state index is 0.113. The molecule has 0 radical (unpaired) electrons. The molecule has 2 aromatic rings. The van der Waals surface area contributed by atoms with Crippen molar-refractivity contribution in [3.05, 3.63) is 40.5 Å². The van der Waals surface area contributed by atoms with Gasteiger partial charge in [-0.15, -0.1) is 17.8 Å². The van der Waals surface area contributed by atoms with Crippen LogP contribution in [0.25, 0.3) is 5.00 Å². The Labute approximate surface area is 132 Å². The molecule has 0 fully saturated rings. The average Bonchev–Trinajstić information content (AvgIpc) is 3.12. The molecule has 0 saturated carbocycles. The van der Waals surface area contributed by atoms with Crippen molar-refractivity contribution in [2.45, 2.75) is 13.8 Å². The molecule has 0 unspecified atom stereocenters. The quantitative estimate of drug-likeness (QED) is 0.678. The van der Waals surface area contributed by atoms with Crippen molar-refractivity contribution in [1.82, 2.24) is 9.88 Å². The van der Waals surface area contributed by atoms with Gasteiger partial charge in [0.25, 0.3) is 5.91 Å². The first kappa shape index (κ1) is 15.9. The van der Waals surface area contributed by atoms with Crippen molar-refractivity contribution in [3.63, 3.8) is 0 Å². The van der Waals surface area contributed by atoms with Gasteiger partial charge in [0.2, 0.25) is 0 Å². The van der Waals surface area contributed by atoms with Gasteiger partial charge in [-0.25, -0.2) is 4.79 Å². The van der Waals surface area contributed by atoms with Gasteiger partial charge >= 0.3 is 5.97 Å². The lowest BCUT2D eigenvalue weighted by atomic mass is 10.1. The fraction of sp³-hybridized carbons (Fsp3) is 0.250. The number of hydrogen-bond donors (Lipinski definition) is 1. The maximum atomic E-state index is 12.3. The number of ether oxygens (including phenoxy) is 1. The number of nitrogens with one attached hydrogen (secondary N) is 1. The van der Waals surface area contributed by atoms with E-state index in [4.69, 9.17) is 11.2 Å². The van der Waals surface area contributed by atoms with E-state index in [1.165, 1.54) is 11.3 Å². The van der Waals surface area contributed by atoms with E-state index in [2.05, 4.69) is 11.2 Å². The lowest BCUT2D eigenvalue weighted by Crippen LogP contribution is -2.29. The molecule has 0 aliphatic carbocycles. The van der Waals surface area contributed by atoms with Gasteiger partial charge in [0.15, 0.2) is 6.61 Å². The van der Waals surface area contributed by atoms with Gasteiger partial charge in [-0.05, 0) is 31.5 Å². The zero-order valence-electron chi connectivity index (χ0n) is 12.4. The standard InChI is InChI=1S/C16H16N2O3S/c1-4-7-17-13(19)10-21-16(20)14-11(2)12(3)22-15(14)18-8-5-6-9-18/h1,5-6,8-9H,7,10H2,2-3H3,(H,17,19). The second kappa shape index (κ2) is 6.96. The third-order valence-corrected chi connectivity index (χ3v) is 4.35. The van der Waals surface area contributed by atoms with Gasteiger partial charge in [-0.3, -0.25) is 4.79 Å². The van der Waals surface area contributed by atoms with E-state index in [0.29, 0.717) is 5.56 Å². The molecule has 0 aliphatic rings. The molecule has 0 spiro atoms. The third kappa shape index (κ3) is 3.38. The van der Waals surface area contributed by atoms with E-state index in [1.54, 1.807) is 0 Å². The minimum Gasteiger partial charge on any atom is -0.452 e. The number of nitrogens with zero attached hydrogens (tertiary/aromatic N) is 1. The molecule has 2 heterocycles. The number of terminal acetylenes is 1. The number of thiophene rings is 1. The predicted molar refractivity (Wildman–Crippen MR) is 85.2 cm³/mol. The third-order valence-electron chi connectivity index (χ3n) is 3.13. The molecule has 22 heavy (non-hydrogen) atoms. The summed E-state index contributed by atoms with van der Waals surface area (Å²) in [6.45, 7) is 3.58.